The van der Waals surface area contributed by atoms with Crippen LogP contribution in [0.1, 0.15) is 22.8 Å². The molecule has 0 saturated heterocycles. The fourth-order valence-electron chi connectivity index (χ4n) is 1.86. The summed E-state index contributed by atoms with van der Waals surface area (Å²) in [6, 6.07) is 14.8. The molecule has 3 N–H and O–H groups in total. The monoisotopic (exact) mass is 309 g/mol. The van der Waals surface area contributed by atoms with Gasteiger partial charge in [0, 0.05) is 11.3 Å². The van der Waals surface area contributed by atoms with Gasteiger partial charge in [0.05, 0.1) is 11.6 Å². The number of nitrogens with two attached hydrogens (primary N) is 1. The molecule has 0 saturated carbocycles. The van der Waals surface area contributed by atoms with Crippen molar-refractivity contribution in [1.29, 1.82) is 5.26 Å². The number of anilines is 1. The molecule has 0 aliphatic heterocycles. The topological polar surface area (TPSA) is 105 Å². The first kappa shape index (κ1) is 16.0. The van der Waals surface area contributed by atoms with Gasteiger partial charge in [-0.3, -0.25) is 9.59 Å². The standard InChI is InChI=1S/C17H15N3O3/c1-11(23-15-4-2-3-12(9-15)10-18)17(22)20-14-7-5-13(6-8-14)16(19)21/h2-9,11H,1H3,(H2,19,21)(H,20,22). The molecule has 0 bridgehead atoms. The number of nitrogens with one attached hydrogen (secondary N) is 1. The minimum Gasteiger partial charge on any atom is -0.481 e. The van der Waals surface area contributed by atoms with Gasteiger partial charge in [-0.05, 0) is 49.4 Å². The molecule has 2 aromatic rings. The van der Waals surface area contributed by atoms with Crippen LogP contribution < -0.4 is 15.8 Å². The zero-order valence-electron chi connectivity index (χ0n) is 12.4. The molecular formula is C17H15N3O3. The van der Waals surface area contributed by atoms with Gasteiger partial charge in [0.25, 0.3) is 5.91 Å². The normalized spacial score (nSPS) is 11.1. The number of amides is 2. The molecular weight excluding hydrogens is 294 g/mol. The van der Waals surface area contributed by atoms with E-state index in [9.17, 15) is 9.59 Å². The van der Waals surface area contributed by atoms with E-state index in [1.165, 1.54) is 12.1 Å². The first-order chi connectivity index (χ1) is 11.0. The average Bonchev–Trinajstić information content (AvgIpc) is 2.55. The van der Waals surface area contributed by atoms with Crippen molar-refractivity contribution in [2.24, 2.45) is 5.73 Å². The number of nitrogens with zero attached hydrogens (tertiary/aromatic N) is 1. The van der Waals surface area contributed by atoms with Crippen molar-refractivity contribution in [3.63, 3.8) is 0 Å². The van der Waals surface area contributed by atoms with Crippen LogP contribution >= 0.6 is 0 Å². The molecule has 0 aliphatic carbocycles. The Balaban J connectivity index is 1.99. The lowest BCUT2D eigenvalue weighted by Gasteiger charge is -2.15. The molecule has 6 nitrogen and oxygen atoms in total. The maximum Gasteiger partial charge on any atom is 0.265 e. The van der Waals surface area contributed by atoms with Gasteiger partial charge < -0.3 is 15.8 Å². The number of benzene rings is 2. The van der Waals surface area contributed by atoms with Gasteiger partial charge >= 0.3 is 0 Å². The molecule has 0 aliphatic rings. The van der Waals surface area contributed by atoms with Crippen LogP contribution in [-0.2, 0) is 4.79 Å². The largest absolute Gasteiger partial charge is 0.481 e. The number of carbonyl (C=O) groups is 2. The van der Waals surface area contributed by atoms with Gasteiger partial charge in [-0.15, -0.1) is 0 Å². The second kappa shape index (κ2) is 7.09. The fourth-order valence-corrected chi connectivity index (χ4v) is 1.86. The predicted molar refractivity (Wildman–Crippen MR) is 84.8 cm³/mol. The predicted octanol–water partition coefficient (Wildman–Crippen LogP) is 2.06. The number of hydrogen-bond donors (Lipinski definition) is 2. The minimum absolute atomic E-state index is 0.348. The second-order valence-electron chi connectivity index (χ2n) is 4.83. The maximum absolute atomic E-state index is 12.1. The fraction of sp³-hybridized carbons (Fsp3) is 0.118. The first-order valence-corrected chi connectivity index (χ1v) is 6.87. The minimum atomic E-state index is -0.750. The first-order valence-electron chi connectivity index (χ1n) is 6.87. The van der Waals surface area contributed by atoms with Crippen molar-refractivity contribution in [3.05, 3.63) is 59.7 Å². The maximum atomic E-state index is 12.1. The van der Waals surface area contributed by atoms with E-state index < -0.39 is 12.0 Å². The molecule has 2 amide bonds. The van der Waals surface area contributed by atoms with Crippen LogP contribution in [0.3, 0.4) is 0 Å². The van der Waals surface area contributed by atoms with E-state index in [1.807, 2.05) is 6.07 Å². The Morgan fingerprint density at radius 2 is 1.91 bits per heavy atom. The number of ether oxygens (including phenoxy) is 1. The highest BCUT2D eigenvalue weighted by Crippen LogP contribution is 2.15. The molecule has 0 fully saturated rings. The Hall–Kier alpha value is -3.33. The number of hydrogen-bond acceptors (Lipinski definition) is 4. The van der Waals surface area contributed by atoms with Crippen LogP contribution in [0.25, 0.3) is 0 Å². The Morgan fingerprint density at radius 3 is 2.52 bits per heavy atom. The van der Waals surface area contributed by atoms with Crippen molar-refractivity contribution in [2.45, 2.75) is 13.0 Å². The van der Waals surface area contributed by atoms with Crippen LogP contribution in [0.5, 0.6) is 5.75 Å². The van der Waals surface area contributed by atoms with E-state index in [0.717, 1.165) is 0 Å². The van der Waals surface area contributed by atoms with Gasteiger partial charge in [0.15, 0.2) is 6.10 Å². The summed E-state index contributed by atoms with van der Waals surface area (Å²) in [4.78, 5) is 23.1. The summed E-state index contributed by atoms with van der Waals surface area (Å²) in [6.45, 7) is 1.60. The third-order valence-corrected chi connectivity index (χ3v) is 3.08. The van der Waals surface area contributed by atoms with Crippen molar-refractivity contribution in [2.75, 3.05) is 5.32 Å². The zero-order chi connectivity index (χ0) is 16.8. The van der Waals surface area contributed by atoms with E-state index in [4.69, 9.17) is 15.7 Å². The summed E-state index contributed by atoms with van der Waals surface area (Å²) in [5, 5.41) is 11.5. The summed E-state index contributed by atoms with van der Waals surface area (Å²) in [5.74, 6) is -0.438. The van der Waals surface area contributed by atoms with E-state index in [0.29, 0.717) is 22.6 Å². The summed E-state index contributed by atoms with van der Waals surface area (Å²) in [6.07, 6.45) is -0.750. The van der Waals surface area contributed by atoms with Crippen LogP contribution in [0.4, 0.5) is 5.69 Å². The number of nitriles is 1. The van der Waals surface area contributed by atoms with Crippen molar-refractivity contribution in [3.8, 4) is 11.8 Å². The van der Waals surface area contributed by atoms with Crippen LogP contribution in [-0.4, -0.2) is 17.9 Å². The van der Waals surface area contributed by atoms with Gasteiger partial charge in [0.2, 0.25) is 5.91 Å². The van der Waals surface area contributed by atoms with Crippen molar-refractivity contribution in [1.82, 2.24) is 0 Å². The highest BCUT2D eigenvalue weighted by atomic mass is 16.5. The zero-order valence-corrected chi connectivity index (χ0v) is 12.4. The molecule has 6 heteroatoms. The van der Waals surface area contributed by atoms with E-state index in [2.05, 4.69) is 5.32 Å². The molecule has 0 aromatic heterocycles. The summed E-state index contributed by atoms with van der Waals surface area (Å²) < 4.78 is 5.52. The van der Waals surface area contributed by atoms with Gasteiger partial charge in [-0.1, -0.05) is 6.07 Å². The quantitative estimate of drug-likeness (QED) is 0.881. The third kappa shape index (κ3) is 4.32. The molecule has 2 aromatic carbocycles. The Bertz CT molecular complexity index is 763. The van der Waals surface area contributed by atoms with Gasteiger partial charge in [0.1, 0.15) is 5.75 Å². The Morgan fingerprint density at radius 1 is 1.22 bits per heavy atom. The molecule has 1 atom stereocenters. The highest BCUT2D eigenvalue weighted by molar-refractivity contribution is 5.96. The smallest absolute Gasteiger partial charge is 0.265 e. The second-order valence-corrected chi connectivity index (χ2v) is 4.83. The lowest BCUT2D eigenvalue weighted by molar-refractivity contribution is -0.122. The van der Waals surface area contributed by atoms with Crippen molar-refractivity contribution >= 4 is 17.5 Å². The molecule has 0 spiro atoms. The molecule has 116 valence electrons. The van der Waals surface area contributed by atoms with Crippen LogP contribution in [0.2, 0.25) is 0 Å². The lowest BCUT2D eigenvalue weighted by atomic mass is 10.2. The summed E-state index contributed by atoms with van der Waals surface area (Å²) >= 11 is 0. The Labute approximate surface area is 133 Å². The van der Waals surface area contributed by atoms with Crippen LogP contribution in [0, 0.1) is 11.3 Å². The molecule has 0 radical (unpaired) electrons. The van der Waals surface area contributed by atoms with Gasteiger partial charge in [-0.2, -0.15) is 5.26 Å². The Kier molecular flexibility index (Phi) is 4.95. The van der Waals surface area contributed by atoms with E-state index in [1.54, 1.807) is 43.3 Å². The summed E-state index contributed by atoms with van der Waals surface area (Å²) in [7, 11) is 0. The number of primary amides is 1. The summed E-state index contributed by atoms with van der Waals surface area (Å²) in [5.41, 5.74) is 6.50. The molecule has 1 unspecified atom stereocenters. The highest BCUT2D eigenvalue weighted by Gasteiger charge is 2.15. The lowest BCUT2D eigenvalue weighted by Crippen LogP contribution is -2.30. The van der Waals surface area contributed by atoms with Crippen molar-refractivity contribution < 1.29 is 14.3 Å². The van der Waals surface area contributed by atoms with E-state index >= 15 is 0 Å². The number of rotatable bonds is 5. The SMILES string of the molecule is CC(Oc1cccc(C#N)c1)C(=O)Nc1ccc(C(N)=O)cc1. The third-order valence-electron chi connectivity index (χ3n) is 3.08. The van der Waals surface area contributed by atoms with E-state index in [-0.39, 0.29) is 5.91 Å². The molecule has 0 heterocycles. The molecule has 2 rings (SSSR count). The number of carbonyl (C=O) groups excluding carboxylic acids is 2. The van der Waals surface area contributed by atoms with Crippen LogP contribution in [0.15, 0.2) is 48.5 Å². The van der Waals surface area contributed by atoms with Gasteiger partial charge in [-0.25, -0.2) is 0 Å². The molecule has 23 heavy (non-hydrogen) atoms. The average molecular weight is 309 g/mol.